The van der Waals surface area contributed by atoms with Crippen LogP contribution in [0.5, 0.6) is 0 Å². The van der Waals surface area contributed by atoms with Gasteiger partial charge >= 0.3 is 6.09 Å². The smallest absolute Gasteiger partial charge is 0.411 e. The van der Waals surface area contributed by atoms with Crippen LogP contribution < -0.4 is 5.32 Å². The number of hydrogen-bond donors (Lipinski definition) is 3. The normalized spacial score (nSPS) is 22.3. The number of aliphatic hydroxyl groups excluding tert-OH is 1. The molecule has 1 unspecified atom stereocenters. The molecule has 1 atom stereocenters. The molecule has 2 rings (SSSR count). The van der Waals surface area contributed by atoms with Crippen LogP contribution >= 0.6 is 0 Å². The Morgan fingerprint density at radius 1 is 1.42 bits per heavy atom. The van der Waals surface area contributed by atoms with E-state index in [-0.39, 0.29) is 5.56 Å². The number of Topliss-reactive ketones (excluding diaryl/α,β-unsaturated/α-hetero) is 1. The van der Waals surface area contributed by atoms with Crippen LogP contribution in [0.15, 0.2) is 35.9 Å². The Balaban J connectivity index is 2.42. The minimum absolute atomic E-state index is 0.0891. The highest BCUT2D eigenvalue weighted by atomic mass is 19.1. The summed E-state index contributed by atoms with van der Waals surface area (Å²) in [7, 11) is 0. The third kappa shape index (κ3) is 1.99. The molecule has 100 valence electrons. The molecular weight excluding hydrogens is 257 g/mol. The van der Waals surface area contributed by atoms with E-state index in [0.29, 0.717) is 0 Å². The minimum atomic E-state index is -1.80. The molecule has 7 heteroatoms. The van der Waals surface area contributed by atoms with Crippen molar-refractivity contribution in [2.45, 2.75) is 12.5 Å². The number of halogens is 1. The molecule has 6 nitrogen and oxygen atoms in total. The molecule has 1 aromatic rings. The van der Waals surface area contributed by atoms with Crippen molar-refractivity contribution in [3.05, 3.63) is 47.3 Å². The summed E-state index contributed by atoms with van der Waals surface area (Å²) >= 11 is 0. The van der Waals surface area contributed by atoms with Gasteiger partial charge < -0.3 is 14.9 Å². The Labute approximate surface area is 107 Å². The summed E-state index contributed by atoms with van der Waals surface area (Å²) in [6, 6.07) is 5.40. The zero-order valence-corrected chi connectivity index (χ0v) is 9.81. The van der Waals surface area contributed by atoms with Crippen LogP contribution in [0.1, 0.15) is 12.5 Å². The first-order valence-electron chi connectivity index (χ1n) is 5.28. The van der Waals surface area contributed by atoms with Gasteiger partial charge in [-0.3, -0.25) is 10.1 Å². The summed E-state index contributed by atoms with van der Waals surface area (Å²) in [5, 5.41) is 19.8. The molecule has 1 heterocycles. The summed E-state index contributed by atoms with van der Waals surface area (Å²) < 4.78 is 18.8. The van der Waals surface area contributed by atoms with Crippen LogP contribution in [0.3, 0.4) is 0 Å². The zero-order valence-electron chi connectivity index (χ0n) is 9.81. The highest BCUT2D eigenvalue weighted by molar-refractivity contribution is 6.03. The van der Waals surface area contributed by atoms with Gasteiger partial charge in [0.2, 0.25) is 17.2 Å². The van der Waals surface area contributed by atoms with E-state index in [2.05, 4.69) is 0 Å². The van der Waals surface area contributed by atoms with Crippen LogP contribution in [0.25, 0.3) is 0 Å². The predicted octanol–water partition coefficient (Wildman–Crippen LogP) is 1.63. The molecule has 3 N–H and O–H groups in total. The van der Waals surface area contributed by atoms with Crippen LogP contribution in [0, 0.1) is 5.82 Å². The van der Waals surface area contributed by atoms with Gasteiger partial charge in [-0.2, -0.15) is 0 Å². The van der Waals surface area contributed by atoms with E-state index in [1.54, 1.807) is 5.32 Å². The number of aliphatic hydroxyl groups is 1. The second-order valence-corrected chi connectivity index (χ2v) is 4.05. The van der Waals surface area contributed by atoms with E-state index in [0.717, 1.165) is 6.07 Å². The third-order valence-electron chi connectivity index (χ3n) is 2.78. The van der Waals surface area contributed by atoms with E-state index in [9.17, 15) is 19.1 Å². The minimum Gasteiger partial charge on any atom is -0.501 e. The van der Waals surface area contributed by atoms with E-state index in [1.807, 2.05) is 0 Å². The molecule has 0 aliphatic carbocycles. The molecule has 0 bridgehead atoms. The molecule has 0 saturated carbocycles. The first-order valence-corrected chi connectivity index (χ1v) is 5.28. The van der Waals surface area contributed by atoms with Gasteiger partial charge in [-0.1, -0.05) is 18.2 Å². The van der Waals surface area contributed by atoms with Gasteiger partial charge in [0, 0.05) is 5.56 Å². The monoisotopic (exact) mass is 267 g/mol. The van der Waals surface area contributed by atoms with E-state index >= 15 is 0 Å². The van der Waals surface area contributed by atoms with E-state index < -0.39 is 34.9 Å². The van der Waals surface area contributed by atoms with Crippen molar-refractivity contribution in [3.63, 3.8) is 0 Å². The second-order valence-electron chi connectivity index (χ2n) is 4.05. The van der Waals surface area contributed by atoms with Gasteiger partial charge in [0.15, 0.2) is 0 Å². The Morgan fingerprint density at radius 3 is 2.63 bits per heavy atom. The van der Waals surface area contributed by atoms with Crippen LogP contribution in [0.4, 0.5) is 9.18 Å². The maximum Gasteiger partial charge on any atom is 0.411 e. The highest BCUT2D eigenvalue weighted by Gasteiger charge is 2.49. The van der Waals surface area contributed by atoms with Crippen LogP contribution in [-0.4, -0.2) is 22.1 Å². The molecule has 1 aliphatic heterocycles. The predicted molar refractivity (Wildman–Crippen MR) is 60.7 cm³/mol. The van der Waals surface area contributed by atoms with Crippen LogP contribution in [-0.2, 0) is 15.1 Å². The average Bonchev–Trinajstić information content (AvgIpc) is 2.55. The zero-order chi connectivity index (χ0) is 14.2. The van der Waals surface area contributed by atoms with E-state index in [4.69, 9.17) is 9.84 Å². The number of ketones is 1. The Hall–Kier alpha value is -2.57. The van der Waals surface area contributed by atoms with Gasteiger partial charge in [-0.05, 0) is 13.0 Å². The van der Waals surface area contributed by atoms with Crippen molar-refractivity contribution in [1.29, 1.82) is 0 Å². The number of nitrogens with one attached hydrogen (secondary N) is 1. The Morgan fingerprint density at radius 2 is 2.05 bits per heavy atom. The summed E-state index contributed by atoms with van der Waals surface area (Å²) in [6.07, 6.45) is -1.51. The van der Waals surface area contributed by atoms with Gasteiger partial charge in [0.1, 0.15) is 5.82 Å². The molecule has 0 saturated heterocycles. The quantitative estimate of drug-likeness (QED) is 0.757. The summed E-state index contributed by atoms with van der Waals surface area (Å²) in [5.41, 5.74) is -1.89. The SMILES string of the molecule is CC1(c2ccccc2F)OC(NC(=O)O)=C(O)C1=O. The first-order chi connectivity index (χ1) is 8.86. The fourth-order valence-corrected chi connectivity index (χ4v) is 1.84. The maximum absolute atomic E-state index is 13.7. The first kappa shape index (κ1) is 12.9. The Bertz CT molecular complexity index is 598. The van der Waals surface area contributed by atoms with Gasteiger partial charge in [-0.25, -0.2) is 9.18 Å². The summed E-state index contributed by atoms with van der Waals surface area (Å²) in [6.45, 7) is 1.25. The number of hydrogen-bond acceptors (Lipinski definition) is 4. The highest BCUT2D eigenvalue weighted by Crippen LogP contribution is 2.37. The fraction of sp³-hybridized carbons (Fsp3) is 0.167. The van der Waals surface area contributed by atoms with Gasteiger partial charge in [0.05, 0.1) is 0 Å². The molecule has 1 amide bonds. The van der Waals surface area contributed by atoms with Crippen molar-refractivity contribution in [2.24, 2.45) is 0 Å². The lowest BCUT2D eigenvalue weighted by atomic mass is 9.91. The van der Waals surface area contributed by atoms with E-state index in [1.165, 1.54) is 25.1 Å². The molecular formula is C12H10FNO5. The van der Waals surface area contributed by atoms with Crippen LogP contribution in [0.2, 0.25) is 0 Å². The van der Waals surface area contributed by atoms with Crippen molar-refractivity contribution >= 4 is 11.9 Å². The van der Waals surface area contributed by atoms with Crippen molar-refractivity contribution < 1.29 is 28.9 Å². The number of ether oxygens (including phenoxy) is 1. The molecule has 0 aromatic heterocycles. The molecule has 0 fully saturated rings. The van der Waals surface area contributed by atoms with Crippen molar-refractivity contribution in [3.8, 4) is 0 Å². The lowest BCUT2D eigenvalue weighted by molar-refractivity contribution is -0.132. The van der Waals surface area contributed by atoms with Crippen molar-refractivity contribution in [2.75, 3.05) is 0 Å². The third-order valence-corrected chi connectivity index (χ3v) is 2.78. The number of amides is 1. The molecule has 1 aliphatic rings. The van der Waals surface area contributed by atoms with Gasteiger partial charge in [-0.15, -0.1) is 0 Å². The number of benzene rings is 1. The number of rotatable bonds is 2. The topological polar surface area (TPSA) is 95.9 Å². The molecule has 0 spiro atoms. The lowest BCUT2D eigenvalue weighted by Gasteiger charge is -2.23. The number of carboxylic acid groups (broad SMARTS) is 1. The second kappa shape index (κ2) is 4.27. The fourth-order valence-electron chi connectivity index (χ4n) is 1.84. The lowest BCUT2D eigenvalue weighted by Crippen LogP contribution is -2.33. The summed E-state index contributed by atoms with van der Waals surface area (Å²) in [5.74, 6) is -3.10. The standard InChI is InChI=1S/C12H10FNO5/c1-12(6-4-2-3-5-7(6)13)9(16)8(15)10(19-12)14-11(17)18/h2-5,14-15H,1H3,(H,17,18). The summed E-state index contributed by atoms with van der Waals surface area (Å²) in [4.78, 5) is 22.4. The maximum atomic E-state index is 13.7. The van der Waals surface area contributed by atoms with Gasteiger partial charge in [0.25, 0.3) is 5.78 Å². The largest absolute Gasteiger partial charge is 0.501 e. The molecule has 1 aromatic carbocycles. The Kier molecular flexibility index (Phi) is 2.89. The van der Waals surface area contributed by atoms with Crippen molar-refractivity contribution in [1.82, 2.24) is 5.32 Å². The molecule has 19 heavy (non-hydrogen) atoms. The average molecular weight is 267 g/mol. The number of carbonyl (C=O) groups excluding carboxylic acids is 1. The molecule has 0 radical (unpaired) electrons. The number of carbonyl (C=O) groups is 2.